The second kappa shape index (κ2) is 8.56. The maximum atomic E-state index is 12.8. The molecule has 0 radical (unpaired) electrons. The van der Waals surface area contributed by atoms with Crippen molar-refractivity contribution in [2.24, 2.45) is 7.05 Å². The number of phenols is 1. The number of esters is 1. The van der Waals surface area contributed by atoms with Gasteiger partial charge in [0.2, 0.25) is 0 Å². The molecule has 156 valence electrons. The number of nitrogens with zero attached hydrogens (tertiary/aromatic N) is 2. The van der Waals surface area contributed by atoms with E-state index in [2.05, 4.69) is 5.32 Å². The van der Waals surface area contributed by atoms with Crippen LogP contribution in [0.4, 0.5) is 5.69 Å². The van der Waals surface area contributed by atoms with Crippen LogP contribution in [-0.4, -0.2) is 40.1 Å². The predicted molar refractivity (Wildman–Crippen MR) is 109 cm³/mol. The van der Waals surface area contributed by atoms with E-state index in [1.54, 1.807) is 42.9 Å². The second-order valence-electron chi connectivity index (χ2n) is 6.44. The van der Waals surface area contributed by atoms with Crippen LogP contribution in [0, 0.1) is 6.92 Å². The number of ether oxygens (including phenoxy) is 2. The van der Waals surface area contributed by atoms with E-state index in [1.807, 2.05) is 6.07 Å². The van der Waals surface area contributed by atoms with Crippen LogP contribution in [0.25, 0.3) is 5.69 Å². The van der Waals surface area contributed by atoms with Gasteiger partial charge in [-0.25, -0.2) is 9.48 Å². The van der Waals surface area contributed by atoms with E-state index >= 15 is 0 Å². The average molecular weight is 411 g/mol. The van der Waals surface area contributed by atoms with E-state index in [9.17, 15) is 19.5 Å². The average Bonchev–Trinajstić information content (AvgIpc) is 2.96. The van der Waals surface area contributed by atoms with Crippen molar-refractivity contribution in [2.45, 2.75) is 6.92 Å². The molecule has 0 atom stereocenters. The van der Waals surface area contributed by atoms with Gasteiger partial charge in [0.15, 0.2) is 6.61 Å². The van der Waals surface area contributed by atoms with Gasteiger partial charge in [-0.1, -0.05) is 18.2 Å². The Morgan fingerprint density at radius 3 is 2.50 bits per heavy atom. The van der Waals surface area contributed by atoms with E-state index in [0.717, 1.165) is 0 Å². The smallest absolute Gasteiger partial charge is 0.342 e. The zero-order valence-electron chi connectivity index (χ0n) is 16.7. The summed E-state index contributed by atoms with van der Waals surface area (Å²) in [6.07, 6.45) is 0. The van der Waals surface area contributed by atoms with Gasteiger partial charge >= 0.3 is 5.97 Å². The number of aromatic hydroxyl groups is 1. The summed E-state index contributed by atoms with van der Waals surface area (Å²) in [5, 5.41) is 12.3. The highest BCUT2D eigenvalue weighted by Crippen LogP contribution is 2.23. The molecule has 0 aliphatic rings. The van der Waals surface area contributed by atoms with Crippen LogP contribution < -0.4 is 15.6 Å². The van der Waals surface area contributed by atoms with Gasteiger partial charge in [-0.3, -0.25) is 14.3 Å². The lowest BCUT2D eigenvalue weighted by Gasteiger charge is -2.08. The number of rotatable bonds is 6. The molecular formula is C21H21N3O6. The first-order valence-electron chi connectivity index (χ1n) is 9.01. The van der Waals surface area contributed by atoms with E-state index in [1.165, 1.54) is 30.0 Å². The molecule has 0 bridgehead atoms. The molecule has 30 heavy (non-hydrogen) atoms. The van der Waals surface area contributed by atoms with Crippen molar-refractivity contribution in [3.8, 4) is 17.2 Å². The number of carbonyl (C=O) groups excluding carboxylic acids is 2. The molecule has 1 amide bonds. The summed E-state index contributed by atoms with van der Waals surface area (Å²) >= 11 is 0. The van der Waals surface area contributed by atoms with Crippen LogP contribution in [0.3, 0.4) is 0 Å². The van der Waals surface area contributed by atoms with E-state index in [0.29, 0.717) is 17.1 Å². The van der Waals surface area contributed by atoms with Crippen molar-refractivity contribution in [2.75, 3.05) is 19.0 Å². The summed E-state index contributed by atoms with van der Waals surface area (Å²) in [5.41, 5.74) is 0.727. The Bertz CT molecular complexity index is 1150. The molecule has 0 saturated heterocycles. The maximum Gasteiger partial charge on any atom is 0.342 e. The number of phenolic OH excluding ortho intramolecular Hbond substituents is 1. The van der Waals surface area contributed by atoms with Gasteiger partial charge in [-0.15, -0.1) is 0 Å². The largest absolute Gasteiger partial charge is 0.507 e. The van der Waals surface area contributed by atoms with Gasteiger partial charge in [-0.2, -0.15) is 0 Å². The van der Waals surface area contributed by atoms with Crippen LogP contribution in [-0.2, 0) is 16.6 Å². The van der Waals surface area contributed by atoms with E-state index in [-0.39, 0.29) is 17.0 Å². The Morgan fingerprint density at radius 1 is 1.13 bits per heavy atom. The molecule has 2 N–H and O–H groups in total. The SMILES string of the molecule is COc1ccc(O)c(C(=O)OCC(=O)Nc2c(C)n(C)n(-c3ccccc3)c2=O)c1. The summed E-state index contributed by atoms with van der Waals surface area (Å²) < 4.78 is 13.0. The molecule has 9 heteroatoms. The lowest BCUT2D eigenvalue weighted by atomic mass is 10.2. The number of amides is 1. The molecule has 3 rings (SSSR count). The molecule has 2 aromatic carbocycles. The second-order valence-corrected chi connectivity index (χ2v) is 6.44. The summed E-state index contributed by atoms with van der Waals surface area (Å²) in [7, 11) is 3.12. The van der Waals surface area contributed by atoms with Crippen molar-refractivity contribution >= 4 is 17.6 Å². The lowest BCUT2D eigenvalue weighted by Crippen LogP contribution is -2.25. The fourth-order valence-corrected chi connectivity index (χ4v) is 2.90. The summed E-state index contributed by atoms with van der Waals surface area (Å²) in [5.74, 6) is -1.53. The van der Waals surface area contributed by atoms with Gasteiger partial charge in [0.05, 0.1) is 18.5 Å². The first-order valence-corrected chi connectivity index (χ1v) is 9.01. The van der Waals surface area contributed by atoms with E-state index in [4.69, 9.17) is 9.47 Å². The first-order chi connectivity index (χ1) is 14.3. The molecule has 0 unspecified atom stereocenters. The van der Waals surface area contributed by atoms with Crippen molar-refractivity contribution in [1.29, 1.82) is 0 Å². The third kappa shape index (κ3) is 4.04. The predicted octanol–water partition coefficient (Wildman–Crippen LogP) is 1.99. The summed E-state index contributed by atoms with van der Waals surface area (Å²) in [4.78, 5) is 37.3. The number of benzene rings is 2. The minimum atomic E-state index is -0.895. The number of hydrogen-bond donors (Lipinski definition) is 2. The highest BCUT2D eigenvalue weighted by molar-refractivity contribution is 5.97. The topological polar surface area (TPSA) is 112 Å². The normalized spacial score (nSPS) is 10.5. The first kappa shape index (κ1) is 20.7. The third-order valence-electron chi connectivity index (χ3n) is 4.58. The molecule has 1 aromatic heterocycles. The molecule has 0 spiro atoms. The van der Waals surface area contributed by atoms with Crippen molar-refractivity contribution < 1.29 is 24.2 Å². The maximum absolute atomic E-state index is 12.8. The Kier molecular flexibility index (Phi) is 5.91. The molecule has 0 aliphatic carbocycles. The lowest BCUT2D eigenvalue weighted by molar-refractivity contribution is -0.119. The highest BCUT2D eigenvalue weighted by Gasteiger charge is 2.20. The molecule has 0 saturated carbocycles. The number of nitrogens with one attached hydrogen (secondary N) is 1. The summed E-state index contributed by atoms with van der Waals surface area (Å²) in [6, 6.07) is 13.1. The van der Waals surface area contributed by atoms with Crippen LogP contribution in [0.1, 0.15) is 16.1 Å². The van der Waals surface area contributed by atoms with Gasteiger partial charge in [-0.05, 0) is 37.3 Å². The number of aromatic nitrogens is 2. The quantitative estimate of drug-likeness (QED) is 0.600. The standard InChI is InChI=1S/C21H21N3O6/c1-13-19(20(27)24(23(13)2)14-7-5-4-6-8-14)22-18(26)12-30-21(28)16-11-15(29-3)9-10-17(16)25/h4-11,25H,12H2,1-3H3,(H,22,26). The number of para-hydroxylation sites is 1. The molecule has 0 fully saturated rings. The fourth-order valence-electron chi connectivity index (χ4n) is 2.90. The third-order valence-corrected chi connectivity index (χ3v) is 4.58. The van der Waals surface area contributed by atoms with Crippen LogP contribution in [0.2, 0.25) is 0 Å². The minimum absolute atomic E-state index is 0.0895. The molecular weight excluding hydrogens is 390 g/mol. The van der Waals surface area contributed by atoms with E-state index < -0.39 is 24.0 Å². The van der Waals surface area contributed by atoms with Gasteiger partial charge in [0.25, 0.3) is 11.5 Å². The molecule has 3 aromatic rings. The number of anilines is 1. The molecule has 9 nitrogen and oxygen atoms in total. The Balaban J connectivity index is 1.73. The van der Waals surface area contributed by atoms with Crippen LogP contribution in [0.5, 0.6) is 11.5 Å². The zero-order chi connectivity index (χ0) is 21.8. The number of methoxy groups -OCH3 is 1. The fraction of sp³-hybridized carbons (Fsp3) is 0.190. The van der Waals surface area contributed by atoms with Crippen LogP contribution >= 0.6 is 0 Å². The molecule has 0 aliphatic heterocycles. The number of carbonyl (C=O) groups is 2. The number of hydrogen-bond acceptors (Lipinski definition) is 6. The van der Waals surface area contributed by atoms with Crippen LogP contribution in [0.15, 0.2) is 53.3 Å². The summed E-state index contributed by atoms with van der Waals surface area (Å²) in [6.45, 7) is 1.06. The van der Waals surface area contributed by atoms with Gasteiger partial charge < -0.3 is 19.9 Å². The van der Waals surface area contributed by atoms with Crippen molar-refractivity contribution in [1.82, 2.24) is 9.36 Å². The Morgan fingerprint density at radius 2 is 1.83 bits per heavy atom. The van der Waals surface area contributed by atoms with Crippen molar-refractivity contribution in [3.63, 3.8) is 0 Å². The highest BCUT2D eigenvalue weighted by atomic mass is 16.5. The Labute approximate surface area is 172 Å². The Hall–Kier alpha value is -4.01. The van der Waals surface area contributed by atoms with Gasteiger partial charge in [0.1, 0.15) is 22.7 Å². The molecule has 1 heterocycles. The van der Waals surface area contributed by atoms with Crippen molar-refractivity contribution in [3.05, 3.63) is 70.1 Å². The monoisotopic (exact) mass is 411 g/mol. The minimum Gasteiger partial charge on any atom is -0.507 e. The zero-order valence-corrected chi connectivity index (χ0v) is 16.7. The van der Waals surface area contributed by atoms with Gasteiger partial charge in [0, 0.05) is 7.05 Å².